The van der Waals surface area contributed by atoms with Crippen LogP contribution < -0.4 is 5.73 Å². The molecule has 0 heterocycles. The van der Waals surface area contributed by atoms with Crippen molar-refractivity contribution in [1.29, 1.82) is 0 Å². The molecule has 0 spiro atoms. The molecule has 1 rings (SSSR count). The fraction of sp³-hybridized carbons (Fsp3) is 0.812. The topological polar surface area (TPSA) is 61.5 Å². The monoisotopic (exact) mass is 315 g/mol. The lowest BCUT2D eigenvalue weighted by molar-refractivity contribution is 0.198. The molecule has 0 bridgehead atoms. The molecule has 0 aliphatic heterocycles. The summed E-state index contributed by atoms with van der Waals surface area (Å²) in [5, 5.41) is 0. The fourth-order valence-corrected chi connectivity index (χ4v) is 4.47. The molecule has 0 radical (unpaired) electrons. The van der Waals surface area contributed by atoms with Gasteiger partial charge in [-0.3, -0.25) is 4.57 Å². The van der Waals surface area contributed by atoms with Gasteiger partial charge in [0.2, 0.25) is 0 Å². The van der Waals surface area contributed by atoms with E-state index in [1.54, 1.807) is 13.8 Å². The number of rotatable bonds is 7. The predicted octanol–water partition coefficient (Wildman–Crippen LogP) is 4.61. The van der Waals surface area contributed by atoms with Crippen molar-refractivity contribution < 1.29 is 13.6 Å². The van der Waals surface area contributed by atoms with Gasteiger partial charge in [0, 0.05) is 5.41 Å². The van der Waals surface area contributed by atoms with Gasteiger partial charge in [-0.15, -0.1) is 5.73 Å². The summed E-state index contributed by atoms with van der Waals surface area (Å²) >= 11 is 0. The molecule has 1 unspecified atom stereocenters. The van der Waals surface area contributed by atoms with Crippen LogP contribution in [0.3, 0.4) is 0 Å². The quantitative estimate of drug-likeness (QED) is 0.550. The molecule has 4 nitrogen and oxygen atoms in total. The van der Waals surface area contributed by atoms with E-state index in [1.807, 2.05) is 19.9 Å². The maximum Gasteiger partial charge on any atom is 0.348 e. The summed E-state index contributed by atoms with van der Waals surface area (Å²) in [5.74, 6) is -0.693. The van der Waals surface area contributed by atoms with Crippen molar-refractivity contribution in [3.8, 4) is 0 Å². The van der Waals surface area contributed by atoms with Crippen molar-refractivity contribution in [3.63, 3.8) is 0 Å². The van der Waals surface area contributed by atoms with Crippen molar-refractivity contribution in [1.82, 2.24) is 0 Å². The van der Waals surface area contributed by atoms with Crippen molar-refractivity contribution >= 4 is 7.60 Å². The lowest BCUT2D eigenvalue weighted by atomic mass is 9.91. The molecule has 0 aromatic carbocycles. The van der Waals surface area contributed by atoms with Gasteiger partial charge in [0.25, 0.3) is 0 Å². The highest BCUT2D eigenvalue weighted by Crippen LogP contribution is 2.56. The molecule has 2 N–H and O–H groups in total. The van der Waals surface area contributed by atoms with E-state index >= 15 is 0 Å². The molecule has 1 fully saturated rings. The molecular formula is C16H30NO3P. The standard InChI is InChI=1S/C16H30NO3P/c1-5-19-21(18,20-6-2)15(17)16(3,4)13-12-14-10-8-7-9-11-14/h13,15H,5-11,17H2,1-4H3. The van der Waals surface area contributed by atoms with Crippen molar-refractivity contribution in [3.05, 3.63) is 17.4 Å². The molecule has 122 valence electrons. The van der Waals surface area contributed by atoms with Gasteiger partial charge >= 0.3 is 7.60 Å². The number of hydrogen-bond donors (Lipinski definition) is 1. The van der Waals surface area contributed by atoms with E-state index in [0.29, 0.717) is 13.2 Å². The molecule has 1 saturated carbocycles. The Kier molecular flexibility index (Phi) is 7.39. The van der Waals surface area contributed by atoms with Gasteiger partial charge in [0.15, 0.2) is 0 Å². The van der Waals surface area contributed by atoms with Crippen LogP contribution in [0.4, 0.5) is 0 Å². The highest BCUT2D eigenvalue weighted by molar-refractivity contribution is 7.54. The Morgan fingerprint density at radius 2 is 1.76 bits per heavy atom. The first-order valence-electron chi connectivity index (χ1n) is 7.95. The van der Waals surface area contributed by atoms with E-state index in [2.05, 4.69) is 5.73 Å². The van der Waals surface area contributed by atoms with Crippen LogP contribution >= 0.6 is 7.60 Å². The predicted molar refractivity (Wildman–Crippen MR) is 87.3 cm³/mol. The van der Waals surface area contributed by atoms with Gasteiger partial charge in [0.1, 0.15) is 5.78 Å². The van der Waals surface area contributed by atoms with Gasteiger partial charge in [-0.1, -0.05) is 20.3 Å². The second kappa shape index (κ2) is 8.31. The minimum absolute atomic E-state index is 0.325. The van der Waals surface area contributed by atoms with Crippen LogP contribution in [0.5, 0.6) is 0 Å². The minimum atomic E-state index is -3.30. The Morgan fingerprint density at radius 1 is 1.24 bits per heavy atom. The Morgan fingerprint density at radius 3 is 2.24 bits per heavy atom. The van der Waals surface area contributed by atoms with E-state index in [0.717, 1.165) is 12.8 Å². The Balaban J connectivity index is 2.93. The van der Waals surface area contributed by atoms with Crippen LogP contribution in [-0.4, -0.2) is 19.0 Å². The van der Waals surface area contributed by atoms with Crippen LogP contribution in [0.25, 0.3) is 0 Å². The zero-order valence-corrected chi connectivity index (χ0v) is 14.7. The third-order valence-corrected chi connectivity index (χ3v) is 6.41. The van der Waals surface area contributed by atoms with Crippen LogP contribution in [-0.2, 0) is 13.6 Å². The molecule has 21 heavy (non-hydrogen) atoms. The number of hydrogen-bond acceptors (Lipinski definition) is 4. The largest absolute Gasteiger partial charge is 0.348 e. The van der Waals surface area contributed by atoms with E-state index < -0.39 is 18.8 Å². The minimum Gasteiger partial charge on any atom is -0.317 e. The molecule has 1 aliphatic rings. The van der Waals surface area contributed by atoms with Crippen molar-refractivity contribution in [2.45, 2.75) is 65.6 Å². The second-order valence-electron chi connectivity index (χ2n) is 6.09. The average molecular weight is 315 g/mol. The first-order chi connectivity index (χ1) is 9.85. The van der Waals surface area contributed by atoms with Crippen molar-refractivity contribution in [2.75, 3.05) is 13.2 Å². The normalized spacial score (nSPS) is 18.2. The molecule has 5 heteroatoms. The third-order valence-electron chi connectivity index (χ3n) is 3.83. The van der Waals surface area contributed by atoms with Crippen LogP contribution in [0, 0.1) is 5.41 Å². The zero-order chi connectivity index (χ0) is 15.9. The molecule has 0 amide bonds. The summed E-state index contributed by atoms with van der Waals surface area (Å²) < 4.78 is 23.5. The first kappa shape index (κ1) is 18.7. The van der Waals surface area contributed by atoms with E-state index in [-0.39, 0.29) is 0 Å². The van der Waals surface area contributed by atoms with E-state index in [1.165, 1.54) is 24.8 Å². The summed E-state index contributed by atoms with van der Waals surface area (Å²) in [6.45, 7) is 8.16. The van der Waals surface area contributed by atoms with Gasteiger partial charge in [0.05, 0.1) is 13.2 Å². The van der Waals surface area contributed by atoms with Gasteiger partial charge in [-0.25, -0.2) is 0 Å². The molecule has 0 aromatic rings. The van der Waals surface area contributed by atoms with Crippen molar-refractivity contribution in [2.24, 2.45) is 11.1 Å². The number of nitrogens with two attached hydrogens (primary N) is 1. The third kappa shape index (κ3) is 5.39. The summed E-state index contributed by atoms with van der Waals surface area (Å²) in [6.07, 6.45) is 7.94. The molecule has 0 aromatic heterocycles. The van der Waals surface area contributed by atoms with Gasteiger partial charge in [-0.2, -0.15) is 0 Å². The highest BCUT2D eigenvalue weighted by Gasteiger charge is 2.42. The van der Waals surface area contributed by atoms with E-state index in [4.69, 9.17) is 14.8 Å². The summed E-state index contributed by atoms with van der Waals surface area (Å²) in [6, 6.07) is 0. The smallest absolute Gasteiger partial charge is 0.317 e. The molecule has 1 aliphatic carbocycles. The summed E-state index contributed by atoms with van der Waals surface area (Å²) in [5.41, 5.74) is 10.4. The first-order valence-corrected chi connectivity index (χ1v) is 9.57. The average Bonchev–Trinajstić information content (AvgIpc) is 2.46. The SMILES string of the molecule is CCOP(=O)(OCC)C(N)C(C)(C)C=C=C1CCCCC1. The van der Waals surface area contributed by atoms with Crippen LogP contribution in [0.2, 0.25) is 0 Å². The fourth-order valence-electron chi connectivity index (χ4n) is 2.46. The van der Waals surface area contributed by atoms with Gasteiger partial charge in [-0.05, 0) is 51.2 Å². The van der Waals surface area contributed by atoms with Crippen LogP contribution in [0.15, 0.2) is 17.4 Å². The van der Waals surface area contributed by atoms with E-state index in [9.17, 15) is 4.57 Å². The maximum absolute atomic E-state index is 12.8. The molecule has 1 atom stereocenters. The lowest BCUT2D eigenvalue weighted by Crippen LogP contribution is -2.37. The van der Waals surface area contributed by atoms with Gasteiger partial charge < -0.3 is 14.8 Å². The lowest BCUT2D eigenvalue weighted by Gasteiger charge is -2.32. The summed E-state index contributed by atoms with van der Waals surface area (Å²) in [4.78, 5) is 0. The maximum atomic E-state index is 12.8. The highest BCUT2D eigenvalue weighted by atomic mass is 31.2. The summed E-state index contributed by atoms with van der Waals surface area (Å²) in [7, 11) is -3.30. The Hall–Kier alpha value is -0.370. The molecule has 0 saturated heterocycles. The Bertz CT molecular complexity index is 421. The van der Waals surface area contributed by atoms with Crippen LogP contribution in [0.1, 0.15) is 59.8 Å². The second-order valence-corrected chi connectivity index (χ2v) is 8.25. The molecular weight excluding hydrogens is 285 g/mol. The zero-order valence-electron chi connectivity index (χ0n) is 13.9. The Labute approximate surface area is 129 Å².